The van der Waals surface area contributed by atoms with Crippen LogP contribution in [0.4, 0.5) is 0 Å². The van der Waals surface area contributed by atoms with E-state index >= 15 is 0 Å². The molecule has 2 aliphatic carbocycles. The Balaban J connectivity index is 1.54. The van der Waals surface area contributed by atoms with Gasteiger partial charge in [-0.15, -0.1) is 0 Å². The Kier molecular flexibility index (Phi) is 2.67. The zero-order chi connectivity index (χ0) is 10.3. The molecule has 0 aromatic carbocycles. The average molecular weight is 224 g/mol. The van der Waals surface area contributed by atoms with Crippen LogP contribution in [-0.4, -0.2) is 23.5 Å². The molecular formula is C12H20N2S. The quantitative estimate of drug-likeness (QED) is 0.779. The summed E-state index contributed by atoms with van der Waals surface area (Å²) in [5, 5.41) is 4.63. The predicted octanol–water partition coefficient (Wildman–Crippen LogP) is 2.50. The summed E-state index contributed by atoms with van der Waals surface area (Å²) in [5.41, 5.74) is 0. The van der Waals surface area contributed by atoms with Gasteiger partial charge in [0.15, 0.2) is 5.17 Å². The van der Waals surface area contributed by atoms with Gasteiger partial charge in [-0.1, -0.05) is 18.2 Å². The second kappa shape index (κ2) is 4.00. The molecule has 2 nitrogen and oxygen atoms in total. The normalized spacial score (nSPS) is 46.3. The third-order valence-electron chi connectivity index (χ3n) is 4.19. The molecule has 84 valence electrons. The van der Waals surface area contributed by atoms with Gasteiger partial charge in [-0.25, -0.2) is 0 Å². The number of hydrogen-bond acceptors (Lipinski definition) is 2. The molecule has 0 aromatic heterocycles. The average Bonchev–Trinajstić information content (AvgIpc) is 2.90. The van der Waals surface area contributed by atoms with Gasteiger partial charge >= 0.3 is 0 Å². The fourth-order valence-corrected chi connectivity index (χ4v) is 4.33. The van der Waals surface area contributed by atoms with Crippen molar-refractivity contribution in [2.75, 3.05) is 12.3 Å². The van der Waals surface area contributed by atoms with E-state index in [0.29, 0.717) is 6.04 Å². The highest BCUT2D eigenvalue weighted by Gasteiger charge is 2.39. The molecule has 3 heteroatoms. The molecule has 4 atom stereocenters. The number of fused-ring (bicyclic) bond motifs is 2. The highest BCUT2D eigenvalue weighted by Crippen LogP contribution is 2.48. The summed E-state index contributed by atoms with van der Waals surface area (Å²) in [6.45, 7) is 3.32. The lowest BCUT2D eigenvalue weighted by atomic mass is 9.89. The first-order valence-corrected chi connectivity index (χ1v) is 7.23. The molecule has 3 rings (SSSR count). The van der Waals surface area contributed by atoms with Gasteiger partial charge in [0.05, 0.1) is 0 Å². The molecular weight excluding hydrogens is 204 g/mol. The van der Waals surface area contributed by atoms with Gasteiger partial charge in [0.25, 0.3) is 0 Å². The molecule has 0 radical (unpaired) electrons. The van der Waals surface area contributed by atoms with Gasteiger partial charge in [0.2, 0.25) is 0 Å². The standard InChI is InChI=1S/C12H20N2S/c1-8-7-15-12(14-8)13-6-11-5-9-2-3-10(11)4-9/h8-11H,2-7H2,1H3,(H,13,14). The first kappa shape index (κ1) is 10.0. The lowest BCUT2D eigenvalue weighted by Crippen LogP contribution is -2.24. The molecule has 3 fully saturated rings. The van der Waals surface area contributed by atoms with Crippen LogP contribution in [0.5, 0.6) is 0 Å². The fraction of sp³-hybridized carbons (Fsp3) is 0.917. The topological polar surface area (TPSA) is 24.4 Å². The Morgan fingerprint density at radius 1 is 1.40 bits per heavy atom. The van der Waals surface area contributed by atoms with Crippen LogP contribution in [0.2, 0.25) is 0 Å². The third kappa shape index (κ3) is 2.03. The Hall–Kier alpha value is -0.180. The molecule has 0 aromatic rings. The van der Waals surface area contributed by atoms with Crippen molar-refractivity contribution in [3.05, 3.63) is 0 Å². The summed E-state index contributed by atoms with van der Waals surface area (Å²) in [6, 6.07) is 0.619. The van der Waals surface area contributed by atoms with Gasteiger partial charge < -0.3 is 5.32 Å². The Morgan fingerprint density at radius 3 is 2.93 bits per heavy atom. The lowest BCUT2D eigenvalue weighted by molar-refractivity contribution is 0.342. The SMILES string of the molecule is CC1CSC(=NCC2CC3CCC2C3)N1. The molecule has 15 heavy (non-hydrogen) atoms. The number of amidine groups is 1. The van der Waals surface area contributed by atoms with Crippen molar-refractivity contribution in [1.82, 2.24) is 5.32 Å². The number of rotatable bonds is 2. The van der Waals surface area contributed by atoms with E-state index in [1.54, 1.807) is 0 Å². The molecule has 1 aliphatic heterocycles. The maximum absolute atomic E-state index is 4.74. The maximum atomic E-state index is 4.74. The van der Waals surface area contributed by atoms with Crippen molar-refractivity contribution in [3.8, 4) is 0 Å². The van der Waals surface area contributed by atoms with Gasteiger partial charge in [-0.2, -0.15) is 0 Å². The van der Waals surface area contributed by atoms with Crippen LogP contribution < -0.4 is 5.32 Å². The van der Waals surface area contributed by atoms with Crippen LogP contribution in [0.3, 0.4) is 0 Å². The largest absolute Gasteiger partial charge is 0.362 e. The Labute approximate surface area is 96.3 Å². The van der Waals surface area contributed by atoms with Crippen LogP contribution in [0.15, 0.2) is 4.99 Å². The van der Waals surface area contributed by atoms with E-state index in [1.807, 2.05) is 11.8 Å². The van der Waals surface area contributed by atoms with E-state index in [9.17, 15) is 0 Å². The van der Waals surface area contributed by atoms with Crippen molar-refractivity contribution < 1.29 is 0 Å². The van der Waals surface area contributed by atoms with Crippen LogP contribution in [0.25, 0.3) is 0 Å². The zero-order valence-electron chi connectivity index (χ0n) is 9.41. The highest BCUT2D eigenvalue weighted by molar-refractivity contribution is 8.14. The van der Waals surface area contributed by atoms with Crippen molar-refractivity contribution in [2.45, 2.75) is 38.6 Å². The maximum Gasteiger partial charge on any atom is 0.156 e. The van der Waals surface area contributed by atoms with Crippen LogP contribution >= 0.6 is 11.8 Å². The molecule has 1 heterocycles. The number of aliphatic imine (C=N–C) groups is 1. The monoisotopic (exact) mass is 224 g/mol. The molecule has 4 unspecified atom stereocenters. The minimum Gasteiger partial charge on any atom is -0.362 e. The third-order valence-corrected chi connectivity index (χ3v) is 5.38. The second-order valence-electron chi connectivity index (χ2n) is 5.44. The molecule has 0 amide bonds. The summed E-state index contributed by atoms with van der Waals surface area (Å²) < 4.78 is 0. The second-order valence-corrected chi connectivity index (χ2v) is 6.45. The smallest absolute Gasteiger partial charge is 0.156 e. The van der Waals surface area contributed by atoms with E-state index in [1.165, 1.54) is 36.6 Å². The van der Waals surface area contributed by atoms with E-state index in [-0.39, 0.29) is 0 Å². The summed E-state index contributed by atoms with van der Waals surface area (Å²) in [7, 11) is 0. The Bertz CT molecular complexity index is 277. The van der Waals surface area contributed by atoms with Gasteiger partial charge in [-0.3, -0.25) is 4.99 Å². The van der Waals surface area contributed by atoms with Crippen molar-refractivity contribution in [2.24, 2.45) is 22.7 Å². The fourth-order valence-electron chi connectivity index (χ4n) is 3.39. The van der Waals surface area contributed by atoms with E-state index in [2.05, 4.69) is 12.2 Å². The van der Waals surface area contributed by atoms with Gasteiger partial charge in [0, 0.05) is 18.3 Å². The number of nitrogens with zero attached hydrogens (tertiary/aromatic N) is 1. The minimum atomic E-state index is 0.619. The zero-order valence-corrected chi connectivity index (χ0v) is 10.2. The first-order valence-electron chi connectivity index (χ1n) is 6.25. The molecule has 0 spiro atoms. The molecule has 2 bridgehead atoms. The summed E-state index contributed by atoms with van der Waals surface area (Å²) in [5.74, 6) is 4.18. The van der Waals surface area contributed by atoms with Crippen LogP contribution in [-0.2, 0) is 0 Å². The Morgan fingerprint density at radius 2 is 2.33 bits per heavy atom. The van der Waals surface area contributed by atoms with Crippen molar-refractivity contribution in [1.29, 1.82) is 0 Å². The van der Waals surface area contributed by atoms with Gasteiger partial charge in [-0.05, 0) is 43.9 Å². The van der Waals surface area contributed by atoms with Crippen LogP contribution in [0.1, 0.15) is 32.6 Å². The highest BCUT2D eigenvalue weighted by atomic mass is 32.2. The van der Waals surface area contributed by atoms with E-state index < -0.39 is 0 Å². The first-order chi connectivity index (χ1) is 7.31. The number of thioether (sulfide) groups is 1. The number of hydrogen-bond donors (Lipinski definition) is 1. The summed E-state index contributed by atoms with van der Waals surface area (Å²) in [4.78, 5) is 4.74. The predicted molar refractivity (Wildman–Crippen MR) is 66.3 cm³/mol. The van der Waals surface area contributed by atoms with Crippen molar-refractivity contribution >= 4 is 16.9 Å². The molecule has 3 aliphatic rings. The summed E-state index contributed by atoms with van der Waals surface area (Å²) >= 11 is 1.89. The number of nitrogens with one attached hydrogen (secondary N) is 1. The molecule has 2 saturated carbocycles. The van der Waals surface area contributed by atoms with E-state index in [0.717, 1.165) is 24.3 Å². The molecule has 1 N–H and O–H groups in total. The van der Waals surface area contributed by atoms with Crippen LogP contribution in [0, 0.1) is 17.8 Å². The van der Waals surface area contributed by atoms with Crippen molar-refractivity contribution in [3.63, 3.8) is 0 Å². The minimum absolute atomic E-state index is 0.619. The summed E-state index contributed by atoms with van der Waals surface area (Å²) in [6.07, 6.45) is 5.95. The lowest BCUT2D eigenvalue weighted by Gasteiger charge is -2.19. The van der Waals surface area contributed by atoms with Gasteiger partial charge in [0.1, 0.15) is 0 Å². The van der Waals surface area contributed by atoms with E-state index in [4.69, 9.17) is 4.99 Å². The molecule has 1 saturated heterocycles.